The molecule has 2 rings (SSSR count). The number of hydrogen-bond acceptors (Lipinski definition) is 3. The number of aliphatic hydroxyl groups excluding tert-OH is 1. The second-order valence-corrected chi connectivity index (χ2v) is 7.69. The molecule has 4 nitrogen and oxygen atoms in total. The first-order valence-corrected chi connectivity index (χ1v) is 9.39. The molecule has 26 heavy (non-hydrogen) atoms. The summed E-state index contributed by atoms with van der Waals surface area (Å²) >= 11 is 0. The number of carbonyl (C=O) groups is 1. The number of benzene rings is 1. The summed E-state index contributed by atoms with van der Waals surface area (Å²) in [6, 6.07) is 7.89. The van der Waals surface area contributed by atoms with Gasteiger partial charge in [0, 0.05) is 56.5 Å². The molecule has 143 valence electrons. The van der Waals surface area contributed by atoms with E-state index in [1.54, 1.807) is 0 Å². The van der Waals surface area contributed by atoms with Gasteiger partial charge >= 0.3 is 0 Å². The maximum atomic E-state index is 12.0. The first-order chi connectivity index (χ1) is 12.0. The van der Waals surface area contributed by atoms with Crippen LogP contribution >= 0.6 is 0 Å². The van der Waals surface area contributed by atoms with E-state index >= 15 is 0 Å². The van der Waals surface area contributed by atoms with Crippen LogP contribution < -0.4 is 10.1 Å². The van der Waals surface area contributed by atoms with Crippen LogP contribution in [0, 0.1) is 18.8 Å². The number of rotatable bonds is 10. The van der Waals surface area contributed by atoms with E-state index in [0.29, 0.717) is 13.2 Å². The van der Waals surface area contributed by atoms with Crippen molar-refractivity contribution in [2.75, 3.05) is 19.8 Å². The predicted octanol–water partition coefficient (Wildman–Crippen LogP) is 3.48. The zero-order chi connectivity index (χ0) is 18.3. The SMILES string of the molecule is [CH2-]CCCCC[C@H]1C(=O)NC[C@@H]1COc1ccc(C(C)(C)CO)cc1.[Y]. The third kappa shape index (κ3) is 6.62. The van der Waals surface area contributed by atoms with Crippen molar-refractivity contribution in [1.29, 1.82) is 0 Å². The molecule has 1 heterocycles. The van der Waals surface area contributed by atoms with Crippen LogP contribution in [-0.2, 0) is 42.9 Å². The average molecular weight is 435 g/mol. The first-order valence-electron chi connectivity index (χ1n) is 9.39. The van der Waals surface area contributed by atoms with Crippen molar-refractivity contribution in [2.45, 2.75) is 51.4 Å². The maximum absolute atomic E-state index is 12.0. The first kappa shape index (κ1) is 23.6. The minimum absolute atomic E-state index is 0. The van der Waals surface area contributed by atoms with E-state index < -0.39 is 0 Å². The molecule has 5 heteroatoms. The minimum atomic E-state index is -0.251. The number of hydrogen-bond donors (Lipinski definition) is 2. The van der Waals surface area contributed by atoms with Gasteiger partial charge in [-0.25, -0.2) is 0 Å². The predicted molar refractivity (Wildman–Crippen MR) is 100 cm³/mol. The van der Waals surface area contributed by atoms with Crippen molar-refractivity contribution in [1.82, 2.24) is 5.32 Å². The van der Waals surface area contributed by atoms with Gasteiger partial charge in [-0.15, -0.1) is 0 Å². The van der Waals surface area contributed by atoms with E-state index in [-0.39, 0.29) is 62.5 Å². The molecule has 2 N–H and O–H groups in total. The summed E-state index contributed by atoms with van der Waals surface area (Å²) in [6.45, 7) is 9.25. The van der Waals surface area contributed by atoms with Crippen molar-refractivity contribution < 1.29 is 47.3 Å². The van der Waals surface area contributed by atoms with Crippen LogP contribution in [0.15, 0.2) is 24.3 Å². The number of nitrogens with one attached hydrogen (secondary N) is 1. The van der Waals surface area contributed by atoms with Gasteiger partial charge in [0.25, 0.3) is 0 Å². The summed E-state index contributed by atoms with van der Waals surface area (Å²) in [7, 11) is 0. The Bertz CT molecular complexity index is 545. The molecule has 0 bridgehead atoms. The number of amides is 1. The number of aliphatic hydroxyl groups is 1. The third-order valence-corrected chi connectivity index (χ3v) is 5.20. The van der Waals surface area contributed by atoms with Gasteiger partial charge in [0.15, 0.2) is 0 Å². The summed E-state index contributed by atoms with van der Waals surface area (Å²) in [4.78, 5) is 12.0. The Morgan fingerprint density at radius 1 is 1.23 bits per heavy atom. The van der Waals surface area contributed by atoms with Gasteiger partial charge in [0.1, 0.15) is 5.75 Å². The van der Waals surface area contributed by atoms with Crippen LogP contribution in [-0.4, -0.2) is 30.8 Å². The summed E-state index contributed by atoms with van der Waals surface area (Å²) in [5.41, 5.74) is 0.836. The average Bonchev–Trinajstić information content (AvgIpc) is 2.97. The fourth-order valence-electron chi connectivity index (χ4n) is 3.28. The quantitative estimate of drug-likeness (QED) is 0.437. The van der Waals surface area contributed by atoms with Crippen LogP contribution in [0.3, 0.4) is 0 Å². The maximum Gasteiger partial charge on any atom is 0.223 e. The molecule has 1 aromatic rings. The smallest absolute Gasteiger partial charge is 0.223 e. The standard InChI is InChI=1S/C21H32NO3.Y/c1-4-5-6-7-8-19-16(13-22-20(19)24)14-25-18-11-9-17(10-12-18)21(2,3)15-23;/h9-12,16,19,23H,1,4-8,13-15H2,2-3H3,(H,22,24);/q-1;/t16-,19-;/m1./s1. The largest absolute Gasteiger partial charge is 0.493 e. The van der Waals surface area contributed by atoms with E-state index in [2.05, 4.69) is 12.2 Å². The fraction of sp³-hybridized carbons (Fsp3) is 0.619. The summed E-state index contributed by atoms with van der Waals surface area (Å²) < 4.78 is 5.93. The van der Waals surface area contributed by atoms with Crippen molar-refractivity contribution in [2.24, 2.45) is 11.8 Å². The summed E-state index contributed by atoms with van der Waals surface area (Å²) in [6.07, 6.45) is 5.25. The van der Waals surface area contributed by atoms with Crippen molar-refractivity contribution in [3.05, 3.63) is 36.8 Å². The molecule has 1 fully saturated rings. The molecule has 2 atom stereocenters. The van der Waals surface area contributed by atoms with Crippen LogP contribution in [0.25, 0.3) is 0 Å². The Morgan fingerprint density at radius 3 is 2.54 bits per heavy atom. The van der Waals surface area contributed by atoms with Crippen molar-refractivity contribution >= 4 is 5.91 Å². The van der Waals surface area contributed by atoms with Gasteiger partial charge < -0.3 is 22.1 Å². The second-order valence-electron chi connectivity index (χ2n) is 7.69. The monoisotopic (exact) mass is 435 g/mol. The normalized spacial score (nSPS) is 19.8. The van der Waals surface area contributed by atoms with E-state index in [1.807, 2.05) is 38.1 Å². The molecule has 0 aliphatic carbocycles. The van der Waals surface area contributed by atoms with Crippen LogP contribution in [0.2, 0.25) is 0 Å². The van der Waals surface area contributed by atoms with Crippen molar-refractivity contribution in [3.8, 4) is 5.75 Å². The molecule has 0 saturated carbocycles. The molecule has 1 aliphatic heterocycles. The van der Waals surface area contributed by atoms with Crippen LogP contribution in [0.5, 0.6) is 5.75 Å². The zero-order valence-electron chi connectivity index (χ0n) is 16.2. The van der Waals surface area contributed by atoms with Gasteiger partial charge in [-0.3, -0.25) is 4.79 Å². The molecule has 0 spiro atoms. The topological polar surface area (TPSA) is 58.6 Å². The van der Waals surface area contributed by atoms with Crippen LogP contribution in [0.4, 0.5) is 0 Å². The number of ether oxygens (including phenoxy) is 1. The molecular weight excluding hydrogens is 403 g/mol. The molecule has 1 amide bonds. The molecule has 1 aliphatic rings. The van der Waals surface area contributed by atoms with Gasteiger partial charge in [-0.1, -0.05) is 45.2 Å². The Morgan fingerprint density at radius 2 is 1.92 bits per heavy atom. The Kier molecular flexibility index (Phi) is 10.4. The zero-order valence-corrected chi connectivity index (χ0v) is 19.0. The molecular formula is C21H32NO3Y-. The van der Waals surface area contributed by atoms with E-state index in [1.165, 1.54) is 0 Å². The minimum Gasteiger partial charge on any atom is -0.493 e. The third-order valence-electron chi connectivity index (χ3n) is 5.20. The number of carbonyl (C=O) groups excluding carboxylic acids is 1. The summed E-state index contributed by atoms with van der Waals surface area (Å²) in [5.74, 6) is 1.29. The second kappa shape index (κ2) is 11.4. The Balaban J connectivity index is 0.00000338. The van der Waals surface area contributed by atoms with E-state index in [4.69, 9.17) is 4.74 Å². The molecule has 1 radical (unpaired) electrons. The molecule has 0 unspecified atom stereocenters. The number of unbranched alkanes of at least 4 members (excludes halogenated alkanes) is 3. The molecule has 0 aromatic heterocycles. The van der Waals surface area contributed by atoms with Gasteiger partial charge in [0.05, 0.1) is 13.2 Å². The van der Waals surface area contributed by atoms with Gasteiger partial charge in [0.2, 0.25) is 5.91 Å². The van der Waals surface area contributed by atoms with Crippen LogP contribution in [0.1, 0.15) is 51.5 Å². The Hall–Kier alpha value is -0.446. The van der Waals surface area contributed by atoms with E-state index in [0.717, 1.165) is 43.4 Å². The fourth-order valence-corrected chi connectivity index (χ4v) is 3.28. The molecule has 1 aromatic carbocycles. The van der Waals surface area contributed by atoms with Crippen molar-refractivity contribution in [3.63, 3.8) is 0 Å². The molecule has 1 saturated heterocycles. The van der Waals surface area contributed by atoms with Gasteiger partial charge in [-0.2, -0.15) is 6.42 Å². The van der Waals surface area contributed by atoms with E-state index in [9.17, 15) is 9.90 Å². The summed E-state index contributed by atoms with van der Waals surface area (Å²) in [5, 5.41) is 12.4. The Labute approximate surface area is 183 Å². The van der Waals surface area contributed by atoms with Gasteiger partial charge in [-0.05, 0) is 24.1 Å².